The SMILES string of the molecule is CN(CCCC(C)(NC1CC1)C(N)=O)CC1CCCC1. The van der Waals surface area contributed by atoms with Crippen LogP contribution in [0.4, 0.5) is 0 Å². The Hall–Kier alpha value is -0.610. The molecule has 1 amide bonds. The number of rotatable bonds is 9. The standard InChI is InChI=1S/C16H31N3O/c1-16(15(17)20,18-14-8-9-14)10-5-11-19(2)12-13-6-3-4-7-13/h13-14,18H,3-12H2,1-2H3,(H2,17,20). The summed E-state index contributed by atoms with van der Waals surface area (Å²) in [5.74, 6) is 0.690. The molecule has 2 aliphatic carbocycles. The Bertz CT molecular complexity index is 324. The fourth-order valence-electron chi connectivity index (χ4n) is 3.37. The number of amides is 1. The van der Waals surface area contributed by atoms with Crippen molar-refractivity contribution in [2.45, 2.75) is 69.9 Å². The normalized spacial score (nSPS) is 23.1. The molecule has 2 aliphatic rings. The van der Waals surface area contributed by atoms with Gasteiger partial charge in [0.2, 0.25) is 5.91 Å². The molecule has 2 fully saturated rings. The first kappa shape index (κ1) is 15.8. The summed E-state index contributed by atoms with van der Waals surface area (Å²) in [6.07, 6.45) is 9.84. The van der Waals surface area contributed by atoms with Gasteiger partial charge >= 0.3 is 0 Å². The number of nitrogens with zero attached hydrogens (tertiary/aromatic N) is 1. The summed E-state index contributed by atoms with van der Waals surface area (Å²) in [6, 6.07) is 0.517. The molecule has 0 aliphatic heterocycles. The maximum Gasteiger partial charge on any atom is 0.237 e. The maximum absolute atomic E-state index is 11.7. The highest BCUT2D eigenvalue weighted by atomic mass is 16.1. The predicted molar refractivity (Wildman–Crippen MR) is 82.4 cm³/mol. The molecular formula is C16H31N3O. The number of primary amides is 1. The third-order valence-corrected chi connectivity index (χ3v) is 4.91. The van der Waals surface area contributed by atoms with Crippen molar-refractivity contribution in [1.82, 2.24) is 10.2 Å². The zero-order valence-corrected chi connectivity index (χ0v) is 13.2. The van der Waals surface area contributed by atoms with Crippen molar-refractivity contribution in [3.05, 3.63) is 0 Å². The lowest BCUT2D eigenvalue weighted by Gasteiger charge is -2.29. The fraction of sp³-hybridized carbons (Fsp3) is 0.938. The zero-order chi connectivity index (χ0) is 14.6. The Balaban J connectivity index is 1.67. The maximum atomic E-state index is 11.7. The number of hydrogen-bond acceptors (Lipinski definition) is 3. The highest BCUT2D eigenvalue weighted by molar-refractivity contribution is 5.84. The predicted octanol–water partition coefficient (Wildman–Crippen LogP) is 1.88. The van der Waals surface area contributed by atoms with Crippen LogP contribution < -0.4 is 11.1 Å². The quantitative estimate of drug-likeness (QED) is 0.678. The van der Waals surface area contributed by atoms with Gasteiger partial charge in [0, 0.05) is 12.6 Å². The second-order valence-corrected chi connectivity index (χ2v) is 7.13. The second-order valence-electron chi connectivity index (χ2n) is 7.13. The summed E-state index contributed by atoms with van der Waals surface area (Å²) in [5.41, 5.74) is 5.06. The van der Waals surface area contributed by atoms with E-state index in [-0.39, 0.29) is 5.91 Å². The van der Waals surface area contributed by atoms with Crippen LogP contribution in [0.15, 0.2) is 0 Å². The first-order valence-electron chi connectivity index (χ1n) is 8.26. The average Bonchev–Trinajstić information content (AvgIpc) is 3.03. The summed E-state index contributed by atoms with van der Waals surface area (Å²) in [4.78, 5) is 14.1. The van der Waals surface area contributed by atoms with Gasteiger partial charge in [-0.25, -0.2) is 0 Å². The first-order chi connectivity index (χ1) is 9.49. The van der Waals surface area contributed by atoms with Crippen LogP contribution in [0, 0.1) is 5.92 Å². The molecular weight excluding hydrogens is 250 g/mol. The monoisotopic (exact) mass is 281 g/mol. The van der Waals surface area contributed by atoms with Crippen molar-refractivity contribution in [1.29, 1.82) is 0 Å². The van der Waals surface area contributed by atoms with Crippen molar-refractivity contribution in [2.75, 3.05) is 20.1 Å². The van der Waals surface area contributed by atoms with E-state index in [1.54, 1.807) is 0 Å². The Morgan fingerprint density at radius 3 is 2.50 bits per heavy atom. The number of hydrogen-bond donors (Lipinski definition) is 2. The van der Waals surface area contributed by atoms with Gasteiger partial charge in [-0.15, -0.1) is 0 Å². The Labute approximate surface area is 123 Å². The van der Waals surface area contributed by atoms with Gasteiger partial charge < -0.3 is 16.0 Å². The molecule has 116 valence electrons. The average molecular weight is 281 g/mol. The van der Waals surface area contributed by atoms with Gasteiger partial charge in [-0.1, -0.05) is 12.8 Å². The number of nitrogens with one attached hydrogen (secondary N) is 1. The highest BCUT2D eigenvalue weighted by Crippen LogP contribution is 2.26. The van der Waals surface area contributed by atoms with Crippen molar-refractivity contribution in [2.24, 2.45) is 11.7 Å². The van der Waals surface area contributed by atoms with Crippen LogP contribution >= 0.6 is 0 Å². The van der Waals surface area contributed by atoms with Gasteiger partial charge in [0.15, 0.2) is 0 Å². The molecule has 0 aromatic rings. The van der Waals surface area contributed by atoms with Crippen molar-refractivity contribution >= 4 is 5.91 Å². The minimum Gasteiger partial charge on any atom is -0.368 e. The van der Waals surface area contributed by atoms with Crippen LogP contribution in [-0.2, 0) is 4.79 Å². The van der Waals surface area contributed by atoms with E-state index in [1.807, 2.05) is 6.92 Å². The number of nitrogens with two attached hydrogens (primary N) is 1. The van der Waals surface area contributed by atoms with Gasteiger partial charge in [-0.3, -0.25) is 4.79 Å². The molecule has 0 saturated heterocycles. The molecule has 20 heavy (non-hydrogen) atoms. The van der Waals surface area contributed by atoms with E-state index < -0.39 is 5.54 Å². The lowest BCUT2D eigenvalue weighted by Crippen LogP contribution is -2.54. The minimum atomic E-state index is -0.518. The third-order valence-electron chi connectivity index (χ3n) is 4.91. The topological polar surface area (TPSA) is 58.4 Å². The smallest absolute Gasteiger partial charge is 0.237 e. The molecule has 2 saturated carbocycles. The van der Waals surface area contributed by atoms with Crippen LogP contribution in [0.5, 0.6) is 0 Å². The van der Waals surface area contributed by atoms with E-state index in [0.717, 1.165) is 25.3 Å². The summed E-state index contributed by atoms with van der Waals surface area (Å²) < 4.78 is 0. The molecule has 4 heteroatoms. The van der Waals surface area contributed by atoms with Crippen LogP contribution in [-0.4, -0.2) is 42.5 Å². The van der Waals surface area contributed by atoms with Crippen molar-refractivity contribution < 1.29 is 4.79 Å². The molecule has 2 rings (SSSR count). The van der Waals surface area contributed by atoms with Gasteiger partial charge in [-0.2, -0.15) is 0 Å². The Morgan fingerprint density at radius 2 is 1.95 bits per heavy atom. The largest absolute Gasteiger partial charge is 0.368 e. The molecule has 0 aromatic heterocycles. The zero-order valence-electron chi connectivity index (χ0n) is 13.2. The van der Waals surface area contributed by atoms with E-state index in [0.29, 0.717) is 6.04 Å². The molecule has 0 heterocycles. The molecule has 3 N–H and O–H groups in total. The molecule has 0 spiro atoms. The van der Waals surface area contributed by atoms with Crippen molar-refractivity contribution in [3.8, 4) is 0 Å². The van der Waals surface area contributed by atoms with Gasteiger partial charge in [-0.05, 0) is 65.0 Å². The van der Waals surface area contributed by atoms with E-state index >= 15 is 0 Å². The van der Waals surface area contributed by atoms with E-state index in [1.165, 1.54) is 45.1 Å². The summed E-state index contributed by atoms with van der Waals surface area (Å²) >= 11 is 0. The summed E-state index contributed by atoms with van der Waals surface area (Å²) in [5, 5.41) is 3.42. The molecule has 0 bridgehead atoms. The van der Waals surface area contributed by atoms with Crippen LogP contribution in [0.1, 0.15) is 58.3 Å². The summed E-state index contributed by atoms with van der Waals surface area (Å²) in [7, 11) is 2.20. The van der Waals surface area contributed by atoms with E-state index in [2.05, 4.69) is 17.3 Å². The lowest BCUT2D eigenvalue weighted by molar-refractivity contribution is -0.124. The number of carbonyl (C=O) groups excluding carboxylic acids is 1. The second kappa shape index (κ2) is 6.90. The first-order valence-corrected chi connectivity index (χ1v) is 8.26. The summed E-state index contributed by atoms with van der Waals surface area (Å²) in [6.45, 7) is 4.24. The molecule has 4 nitrogen and oxygen atoms in total. The van der Waals surface area contributed by atoms with E-state index in [9.17, 15) is 4.79 Å². The Morgan fingerprint density at radius 1 is 1.30 bits per heavy atom. The third kappa shape index (κ3) is 4.74. The van der Waals surface area contributed by atoms with E-state index in [4.69, 9.17) is 5.73 Å². The molecule has 1 atom stereocenters. The Kier molecular flexibility index (Phi) is 5.44. The minimum absolute atomic E-state index is 0.206. The van der Waals surface area contributed by atoms with Crippen LogP contribution in [0.2, 0.25) is 0 Å². The lowest BCUT2D eigenvalue weighted by atomic mass is 9.94. The van der Waals surface area contributed by atoms with Crippen molar-refractivity contribution in [3.63, 3.8) is 0 Å². The molecule has 0 aromatic carbocycles. The van der Waals surface area contributed by atoms with Gasteiger partial charge in [0.1, 0.15) is 0 Å². The van der Waals surface area contributed by atoms with Gasteiger partial charge in [0.05, 0.1) is 5.54 Å². The number of carbonyl (C=O) groups is 1. The fourth-order valence-corrected chi connectivity index (χ4v) is 3.37. The van der Waals surface area contributed by atoms with Gasteiger partial charge in [0.25, 0.3) is 0 Å². The van der Waals surface area contributed by atoms with Crippen LogP contribution in [0.3, 0.4) is 0 Å². The highest BCUT2D eigenvalue weighted by Gasteiger charge is 2.36. The molecule has 0 radical (unpaired) electrons. The molecule has 1 unspecified atom stereocenters. The van der Waals surface area contributed by atoms with Crippen LogP contribution in [0.25, 0.3) is 0 Å².